The Labute approximate surface area is 74.4 Å². The van der Waals surface area contributed by atoms with Crippen molar-refractivity contribution in [1.29, 1.82) is 0 Å². The third-order valence-electron chi connectivity index (χ3n) is 1.62. The minimum Gasteiger partial charge on any atom is -0.505 e. The fourth-order valence-electron chi connectivity index (χ4n) is 1.00. The predicted molar refractivity (Wildman–Crippen MR) is 44.1 cm³/mol. The van der Waals surface area contributed by atoms with E-state index in [0.29, 0.717) is 0 Å². The number of halogens is 1. The molecule has 0 unspecified atom stereocenters. The minimum absolute atomic E-state index is 0.0387. The van der Waals surface area contributed by atoms with Crippen molar-refractivity contribution >= 4 is 5.78 Å². The molecule has 0 atom stereocenters. The van der Waals surface area contributed by atoms with Crippen molar-refractivity contribution in [2.45, 2.75) is 13.3 Å². The number of aromatic hydroxyl groups is 2. The summed E-state index contributed by atoms with van der Waals surface area (Å²) in [6.07, 6.45) is -0.0387. The molecule has 1 rings (SSSR count). The van der Waals surface area contributed by atoms with Crippen LogP contribution in [0.25, 0.3) is 0 Å². The second-order valence-electron chi connectivity index (χ2n) is 2.79. The molecule has 70 valence electrons. The topological polar surface area (TPSA) is 57.5 Å². The van der Waals surface area contributed by atoms with Crippen LogP contribution < -0.4 is 0 Å². The average molecular weight is 184 g/mol. The Balaban J connectivity index is 3.10. The van der Waals surface area contributed by atoms with E-state index in [9.17, 15) is 9.18 Å². The van der Waals surface area contributed by atoms with Crippen LogP contribution in [0.2, 0.25) is 0 Å². The van der Waals surface area contributed by atoms with E-state index in [0.717, 1.165) is 6.07 Å². The molecule has 2 N–H and O–H groups in total. The van der Waals surface area contributed by atoms with Gasteiger partial charge in [0.05, 0.1) is 0 Å². The first-order valence-electron chi connectivity index (χ1n) is 3.71. The Morgan fingerprint density at radius 2 is 2.08 bits per heavy atom. The molecule has 1 aromatic carbocycles. The summed E-state index contributed by atoms with van der Waals surface area (Å²) in [5.41, 5.74) is 0.183. The highest BCUT2D eigenvalue weighted by atomic mass is 19.1. The van der Waals surface area contributed by atoms with Crippen LogP contribution in [-0.4, -0.2) is 16.0 Å². The maximum Gasteiger partial charge on any atom is 0.206 e. The largest absolute Gasteiger partial charge is 0.505 e. The second-order valence-corrected chi connectivity index (χ2v) is 2.79. The number of rotatable bonds is 2. The highest BCUT2D eigenvalue weighted by Gasteiger charge is 2.12. The van der Waals surface area contributed by atoms with Gasteiger partial charge in [-0.05, 0) is 13.0 Å². The summed E-state index contributed by atoms with van der Waals surface area (Å²) in [5, 5.41) is 18.0. The van der Waals surface area contributed by atoms with Gasteiger partial charge in [0.2, 0.25) is 5.82 Å². The minimum atomic E-state index is -1.08. The number of Topliss-reactive ketones (excluding diaryl/α,β-unsaturated/α-hetero) is 1. The van der Waals surface area contributed by atoms with Crippen molar-refractivity contribution in [3.05, 3.63) is 23.5 Å². The summed E-state index contributed by atoms with van der Waals surface area (Å²) in [6.45, 7) is 1.34. The second kappa shape index (κ2) is 3.43. The highest BCUT2D eigenvalue weighted by molar-refractivity contribution is 5.79. The number of carbonyl (C=O) groups excluding carboxylic acids is 1. The summed E-state index contributed by atoms with van der Waals surface area (Å²) in [7, 11) is 0. The molecule has 1 aromatic rings. The van der Waals surface area contributed by atoms with Crippen molar-refractivity contribution in [3.8, 4) is 11.5 Å². The van der Waals surface area contributed by atoms with Crippen LogP contribution in [0, 0.1) is 5.82 Å². The molecule has 0 aliphatic rings. The van der Waals surface area contributed by atoms with E-state index >= 15 is 0 Å². The lowest BCUT2D eigenvalue weighted by atomic mass is 10.1. The first kappa shape index (κ1) is 9.51. The van der Waals surface area contributed by atoms with Crippen LogP contribution in [0.1, 0.15) is 12.5 Å². The lowest BCUT2D eigenvalue weighted by Gasteiger charge is -2.03. The van der Waals surface area contributed by atoms with Gasteiger partial charge in [-0.15, -0.1) is 0 Å². The van der Waals surface area contributed by atoms with Gasteiger partial charge in [0.15, 0.2) is 11.5 Å². The first-order chi connectivity index (χ1) is 6.02. The Morgan fingerprint density at radius 3 is 2.62 bits per heavy atom. The number of carbonyl (C=O) groups is 1. The molecule has 0 saturated carbocycles. The third kappa shape index (κ3) is 1.96. The lowest BCUT2D eigenvalue weighted by Crippen LogP contribution is -1.97. The van der Waals surface area contributed by atoms with E-state index in [2.05, 4.69) is 0 Å². The van der Waals surface area contributed by atoms with Gasteiger partial charge >= 0.3 is 0 Å². The summed E-state index contributed by atoms with van der Waals surface area (Å²) >= 11 is 0. The highest BCUT2D eigenvalue weighted by Crippen LogP contribution is 2.28. The van der Waals surface area contributed by atoms with Crippen LogP contribution in [0.5, 0.6) is 11.5 Å². The van der Waals surface area contributed by atoms with Crippen molar-refractivity contribution < 1.29 is 19.4 Å². The number of hydrogen-bond donors (Lipinski definition) is 2. The smallest absolute Gasteiger partial charge is 0.206 e. The van der Waals surface area contributed by atoms with Gasteiger partial charge in [-0.25, -0.2) is 0 Å². The quantitative estimate of drug-likeness (QED) is 0.729. The number of ketones is 1. The Morgan fingerprint density at radius 1 is 1.46 bits per heavy atom. The zero-order chi connectivity index (χ0) is 10.0. The van der Waals surface area contributed by atoms with Crippen LogP contribution >= 0.6 is 0 Å². The molecule has 0 aliphatic carbocycles. The fourth-order valence-corrected chi connectivity index (χ4v) is 1.00. The van der Waals surface area contributed by atoms with Crippen LogP contribution in [0.3, 0.4) is 0 Å². The van der Waals surface area contributed by atoms with Crippen LogP contribution in [0.15, 0.2) is 12.1 Å². The standard InChI is InChI=1S/C9H9FO3/c1-5(11)4-6-2-3-7(12)8(10)9(6)13/h2-3,12-13H,4H2,1H3. The molecule has 0 aliphatic heterocycles. The van der Waals surface area contributed by atoms with E-state index in [4.69, 9.17) is 10.2 Å². The summed E-state index contributed by atoms with van der Waals surface area (Å²) in [4.78, 5) is 10.7. The molecule has 0 amide bonds. The average Bonchev–Trinajstić information content (AvgIpc) is 2.06. The van der Waals surface area contributed by atoms with E-state index in [1.807, 2.05) is 0 Å². The third-order valence-corrected chi connectivity index (χ3v) is 1.62. The van der Waals surface area contributed by atoms with E-state index in [-0.39, 0.29) is 17.8 Å². The summed E-state index contributed by atoms with van der Waals surface area (Å²) < 4.78 is 12.8. The molecule has 0 saturated heterocycles. The van der Waals surface area contributed by atoms with Gasteiger partial charge in [0, 0.05) is 12.0 Å². The molecule has 0 spiro atoms. The van der Waals surface area contributed by atoms with Crippen LogP contribution in [-0.2, 0) is 11.2 Å². The van der Waals surface area contributed by atoms with Crippen LogP contribution in [0.4, 0.5) is 4.39 Å². The lowest BCUT2D eigenvalue weighted by molar-refractivity contribution is -0.116. The monoisotopic (exact) mass is 184 g/mol. The number of phenols is 2. The van der Waals surface area contributed by atoms with Gasteiger partial charge in [-0.3, -0.25) is 4.79 Å². The summed E-state index contributed by atoms with van der Waals surface area (Å²) in [5.74, 6) is -2.54. The Hall–Kier alpha value is -1.58. The van der Waals surface area contributed by atoms with E-state index in [1.54, 1.807) is 0 Å². The van der Waals surface area contributed by atoms with Crippen molar-refractivity contribution in [2.24, 2.45) is 0 Å². The normalized spacial score (nSPS) is 10.0. The predicted octanol–water partition coefficient (Wildman–Crippen LogP) is 1.37. The fraction of sp³-hybridized carbons (Fsp3) is 0.222. The molecule has 0 heterocycles. The molecule has 13 heavy (non-hydrogen) atoms. The number of phenolic OH excluding ortho intramolecular Hbond substituents is 2. The van der Waals surface area contributed by atoms with E-state index in [1.165, 1.54) is 13.0 Å². The first-order valence-corrected chi connectivity index (χ1v) is 3.71. The Bertz CT molecular complexity index is 347. The maximum atomic E-state index is 12.8. The van der Waals surface area contributed by atoms with Crippen molar-refractivity contribution in [1.82, 2.24) is 0 Å². The molecule has 0 bridgehead atoms. The molecule has 4 heteroatoms. The van der Waals surface area contributed by atoms with Gasteiger partial charge in [0.25, 0.3) is 0 Å². The molecule has 0 radical (unpaired) electrons. The summed E-state index contributed by atoms with van der Waals surface area (Å²) in [6, 6.07) is 2.42. The number of benzene rings is 1. The van der Waals surface area contributed by atoms with E-state index < -0.39 is 17.3 Å². The zero-order valence-corrected chi connectivity index (χ0v) is 7.04. The van der Waals surface area contributed by atoms with Crippen molar-refractivity contribution in [3.63, 3.8) is 0 Å². The van der Waals surface area contributed by atoms with Crippen molar-refractivity contribution in [2.75, 3.05) is 0 Å². The molecular formula is C9H9FO3. The molecular weight excluding hydrogens is 175 g/mol. The molecule has 3 nitrogen and oxygen atoms in total. The Kier molecular flexibility index (Phi) is 2.51. The number of hydrogen-bond acceptors (Lipinski definition) is 3. The molecule has 0 aromatic heterocycles. The molecule has 0 fully saturated rings. The maximum absolute atomic E-state index is 12.8. The van der Waals surface area contributed by atoms with Gasteiger partial charge in [-0.1, -0.05) is 6.07 Å². The zero-order valence-electron chi connectivity index (χ0n) is 7.04. The SMILES string of the molecule is CC(=O)Cc1ccc(O)c(F)c1O. The van der Waals surface area contributed by atoms with Gasteiger partial charge in [0.1, 0.15) is 5.78 Å². The van der Waals surface area contributed by atoms with Gasteiger partial charge < -0.3 is 10.2 Å². The van der Waals surface area contributed by atoms with Gasteiger partial charge in [-0.2, -0.15) is 4.39 Å².